The molecule has 0 spiro atoms. The summed E-state index contributed by atoms with van der Waals surface area (Å²) in [5.74, 6) is 0.528. The summed E-state index contributed by atoms with van der Waals surface area (Å²) in [6.07, 6.45) is 1.20. The van der Waals surface area contributed by atoms with Crippen molar-refractivity contribution in [2.24, 2.45) is 0 Å². The van der Waals surface area contributed by atoms with Gasteiger partial charge in [0.25, 0.3) is 0 Å². The Balaban J connectivity index is 1.43. The van der Waals surface area contributed by atoms with Crippen LogP contribution in [0.2, 0.25) is 0 Å². The maximum absolute atomic E-state index is 12.3. The molecular formula is C26H32N4O4. The first-order valence-electron chi connectivity index (χ1n) is 11.4. The lowest BCUT2D eigenvalue weighted by molar-refractivity contribution is -0.114. The highest BCUT2D eigenvalue weighted by Gasteiger charge is 2.27. The fourth-order valence-electron chi connectivity index (χ4n) is 3.55. The van der Waals surface area contributed by atoms with Crippen LogP contribution in [0.3, 0.4) is 0 Å². The largest absolute Gasteiger partial charge is 0.490 e. The van der Waals surface area contributed by atoms with Crippen molar-refractivity contribution in [1.82, 2.24) is 4.90 Å². The van der Waals surface area contributed by atoms with Gasteiger partial charge in [0, 0.05) is 37.3 Å². The van der Waals surface area contributed by atoms with Crippen molar-refractivity contribution in [1.29, 1.82) is 5.26 Å². The Morgan fingerprint density at radius 1 is 1.12 bits per heavy atom. The third-order valence-corrected chi connectivity index (χ3v) is 5.34. The molecule has 8 nitrogen and oxygen atoms in total. The first-order valence-corrected chi connectivity index (χ1v) is 11.4. The summed E-state index contributed by atoms with van der Waals surface area (Å²) in [7, 11) is 0. The molecule has 2 N–H and O–H groups in total. The minimum Gasteiger partial charge on any atom is -0.490 e. The number of amides is 2. The lowest BCUT2D eigenvalue weighted by Crippen LogP contribution is -2.44. The summed E-state index contributed by atoms with van der Waals surface area (Å²) in [5.41, 5.74) is 2.43. The third kappa shape index (κ3) is 7.41. The van der Waals surface area contributed by atoms with Crippen molar-refractivity contribution >= 4 is 23.4 Å². The molecule has 1 aliphatic heterocycles. The molecule has 0 saturated carbocycles. The third-order valence-electron chi connectivity index (χ3n) is 5.34. The molecule has 2 aromatic carbocycles. The second-order valence-electron chi connectivity index (χ2n) is 9.35. The Morgan fingerprint density at radius 3 is 2.41 bits per heavy atom. The zero-order chi connectivity index (χ0) is 24.7. The van der Waals surface area contributed by atoms with Gasteiger partial charge in [-0.15, -0.1) is 0 Å². The minimum atomic E-state index is -0.501. The first-order chi connectivity index (χ1) is 16.1. The molecule has 0 radical (unpaired) electrons. The number of rotatable bonds is 6. The van der Waals surface area contributed by atoms with E-state index < -0.39 is 5.60 Å². The van der Waals surface area contributed by atoms with E-state index in [4.69, 9.17) is 14.7 Å². The van der Waals surface area contributed by atoms with Gasteiger partial charge < -0.3 is 25.0 Å². The molecule has 8 heteroatoms. The predicted octanol–water partition coefficient (Wildman–Crippen LogP) is 4.70. The van der Waals surface area contributed by atoms with E-state index in [0.29, 0.717) is 24.3 Å². The molecule has 1 aliphatic rings. The minimum absolute atomic E-state index is 0.0238. The normalized spacial score (nSPS) is 14.1. The molecule has 1 saturated heterocycles. The van der Waals surface area contributed by atoms with Gasteiger partial charge in [0.2, 0.25) is 5.91 Å². The Bertz CT molecular complexity index is 1050. The maximum atomic E-state index is 12.3. The lowest BCUT2D eigenvalue weighted by atomic mass is 10.1. The molecule has 2 aromatic rings. The van der Waals surface area contributed by atoms with E-state index in [-0.39, 0.29) is 24.6 Å². The highest BCUT2D eigenvalue weighted by Crippen LogP contribution is 2.22. The number of piperidine rings is 1. The fourth-order valence-corrected chi connectivity index (χ4v) is 3.55. The van der Waals surface area contributed by atoms with E-state index in [1.54, 1.807) is 29.2 Å². The molecule has 34 heavy (non-hydrogen) atoms. The number of nitriles is 1. The number of nitrogens with zero attached hydrogens (tertiary/aromatic N) is 2. The second kappa shape index (κ2) is 10.9. The number of carbonyl (C=O) groups excluding carboxylic acids is 2. The molecule has 1 heterocycles. The fraction of sp³-hybridized carbons (Fsp3) is 0.423. The molecule has 0 atom stereocenters. The van der Waals surface area contributed by atoms with Crippen LogP contribution in [0.5, 0.6) is 5.75 Å². The first kappa shape index (κ1) is 24.9. The van der Waals surface area contributed by atoms with Gasteiger partial charge in [-0.05, 0) is 69.7 Å². The van der Waals surface area contributed by atoms with Crippen molar-refractivity contribution in [2.75, 3.05) is 30.3 Å². The number of carbonyl (C=O) groups is 2. The van der Waals surface area contributed by atoms with E-state index in [0.717, 1.165) is 29.8 Å². The van der Waals surface area contributed by atoms with E-state index >= 15 is 0 Å². The Kier molecular flexibility index (Phi) is 8.00. The average Bonchev–Trinajstić information content (AvgIpc) is 2.79. The summed E-state index contributed by atoms with van der Waals surface area (Å²) in [5, 5.41) is 15.0. The number of likely N-dealkylation sites (tertiary alicyclic amines) is 1. The van der Waals surface area contributed by atoms with Crippen molar-refractivity contribution in [3.8, 4) is 11.8 Å². The van der Waals surface area contributed by atoms with Gasteiger partial charge in [-0.1, -0.05) is 6.07 Å². The van der Waals surface area contributed by atoms with Crippen LogP contribution in [-0.4, -0.2) is 48.2 Å². The number of ether oxygens (including phenoxy) is 2. The number of aryl methyl sites for hydroxylation is 1. The zero-order valence-electron chi connectivity index (χ0n) is 20.2. The second-order valence-corrected chi connectivity index (χ2v) is 9.35. The number of anilines is 2. The van der Waals surface area contributed by atoms with Crippen LogP contribution >= 0.6 is 0 Å². The van der Waals surface area contributed by atoms with E-state index in [1.165, 1.54) is 0 Å². The molecule has 0 unspecified atom stereocenters. The van der Waals surface area contributed by atoms with Crippen LogP contribution in [0, 0.1) is 18.3 Å². The summed E-state index contributed by atoms with van der Waals surface area (Å²) < 4.78 is 11.5. The van der Waals surface area contributed by atoms with Crippen LogP contribution in [0.25, 0.3) is 0 Å². The van der Waals surface area contributed by atoms with Crippen LogP contribution < -0.4 is 15.4 Å². The Labute approximate surface area is 200 Å². The van der Waals surface area contributed by atoms with E-state index in [1.807, 2.05) is 45.9 Å². The molecule has 2 amide bonds. The van der Waals surface area contributed by atoms with Crippen molar-refractivity contribution < 1.29 is 19.1 Å². The summed E-state index contributed by atoms with van der Waals surface area (Å²) in [6, 6.07) is 14.7. The van der Waals surface area contributed by atoms with Crippen LogP contribution in [0.4, 0.5) is 16.2 Å². The molecular weight excluding hydrogens is 432 g/mol. The van der Waals surface area contributed by atoms with Gasteiger partial charge in [0.1, 0.15) is 17.5 Å². The molecule has 180 valence electrons. The summed E-state index contributed by atoms with van der Waals surface area (Å²) >= 11 is 0. The van der Waals surface area contributed by atoms with Crippen molar-refractivity contribution in [3.63, 3.8) is 0 Å². The summed E-state index contributed by atoms with van der Waals surface area (Å²) in [6.45, 7) is 8.78. The van der Waals surface area contributed by atoms with E-state index in [2.05, 4.69) is 16.7 Å². The standard InChI is InChI=1S/C26H32N4O4/c1-18-5-6-19(16-27)15-23(18)28-17-24(31)29-20-7-9-21(10-8-20)33-22-11-13-30(14-12-22)25(32)34-26(2,3)4/h5-10,15,22,28H,11-14,17H2,1-4H3,(H,29,31). The van der Waals surface area contributed by atoms with Gasteiger partial charge in [0.05, 0.1) is 18.2 Å². The number of benzene rings is 2. The molecule has 3 rings (SSSR count). The smallest absolute Gasteiger partial charge is 0.410 e. The van der Waals surface area contributed by atoms with Gasteiger partial charge in [-0.25, -0.2) is 4.79 Å². The monoisotopic (exact) mass is 464 g/mol. The molecule has 0 aromatic heterocycles. The van der Waals surface area contributed by atoms with Crippen LogP contribution in [0.15, 0.2) is 42.5 Å². The number of nitrogens with one attached hydrogen (secondary N) is 2. The van der Waals surface area contributed by atoms with Crippen LogP contribution in [-0.2, 0) is 9.53 Å². The van der Waals surface area contributed by atoms with Gasteiger partial charge in [0.15, 0.2) is 0 Å². The average molecular weight is 465 g/mol. The highest BCUT2D eigenvalue weighted by molar-refractivity contribution is 5.93. The van der Waals surface area contributed by atoms with E-state index in [9.17, 15) is 9.59 Å². The predicted molar refractivity (Wildman–Crippen MR) is 131 cm³/mol. The van der Waals surface area contributed by atoms with Gasteiger partial charge in [-0.3, -0.25) is 4.79 Å². The SMILES string of the molecule is Cc1ccc(C#N)cc1NCC(=O)Nc1ccc(OC2CCN(C(=O)OC(C)(C)C)CC2)cc1. The lowest BCUT2D eigenvalue weighted by Gasteiger charge is -2.33. The van der Waals surface area contributed by atoms with Gasteiger partial charge in [-0.2, -0.15) is 5.26 Å². The zero-order valence-corrected chi connectivity index (χ0v) is 20.2. The Morgan fingerprint density at radius 2 is 1.79 bits per heavy atom. The number of hydrogen-bond donors (Lipinski definition) is 2. The van der Waals surface area contributed by atoms with Gasteiger partial charge >= 0.3 is 6.09 Å². The topological polar surface area (TPSA) is 104 Å². The number of hydrogen-bond acceptors (Lipinski definition) is 6. The molecule has 0 aliphatic carbocycles. The molecule has 1 fully saturated rings. The summed E-state index contributed by atoms with van der Waals surface area (Å²) in [4.78, 5) is 26.2. The van der Waals surface area contributed by atoms with Crippen molar-refractivity contribution in [2.45, 2.75) is 52.2 Å². The van der Waals surface area contributed by atoms with Crippen molar-refractivity contribution in [3.05, 3.63) is 53.6 Å². The maximum Gasteiger partial charge on any atom is 0.410 e. The Hall–Kier alpha value is -3.73. The molecule has 0 bridgehead atoms. The van der Waals surface area contributed by atoms with Crippen LogP contribution in [0.1, 0.15) is 44.7 Å². The quantitative estimate of drug-likeness (QED) is 0.642. The highest BCUT2D eigenvalue weighted by atomic mass is 16.6.